The Bertz CT molecular complexity index is 944. The number of anilines is 2. The molecule has 1 unspecified atom stereocenters. The number of nitrogens with one attached hydrogen (secondary N) is 3. The van der Waals surface area contributed by atoms with E-state index in [-0.39, 0.29) is 11.8 Å². The molecule has 2 aromatic carbocycles. The third-order valence-electron chi connectivity index (χ3n) is 5.48. The number of carbonyl (C=O) groups excluding carboxylic acids is 1. The molecule has 2 aliphatic rings. The Balaban J connectivity index is 1.41. The standard InChI is InChI=1S/C24H29N5O/c1-2-25-24(26-16-18-8-7-9-20(14-18)29-12-5-6-13-29)27-17-19-15-23(30)28-22-11-4-3-10-21(19)22/h3-11,14,19H,2,12-13,15-17H2,1H3,(H,28,30)(H2,25,26,27). The first kappa shape index (κ1) is 20.0. The molecule has 3 N–H and O–H groups in total. The predicted octanol–water partition coefficient (Wildman–Crippen LogP) is 3.24. The van der Waals surface area contributed by atoms with Crippen molar-refractivity contribution in [2.24, 2.45) is 4.99 Å². The first-order chi connectivity index (χ1) is 14.7. The van der Waals surface area contributed by atoms with Gasteiger partial charge in [-0.2, -0.15) is 0 Å². The van der Waals surface area contributed by atoms with Gasteiger partial charge < -0.3 is 20.9 Å². The van der Waals surface area contributed by atoms with Gasteiger partial charge in [0.2, 0.25) is 5.91 Å². The SMILES string of the molecule is CCNC(=NCc1cccc(N2CC=CC2)c1)NCC1CC(=O)Nc2ccccc21. The summed E-state index contributed by atoms with van der Waals surface area (Å²) in [5.41, 5.74) is 4.50. The van der Waals surface area contributed by atoms with Crippen LogP contribution in [0.4, 0.5) is 11.4 Å². The summed E-state index contributed by atoms with van der Waals surface area (Å²) in [5, 5.41) is 9.70. The van der Waals surface area contributed by atoms with Crippen LogP contribution in [0.2, 0.25) is 0 Å². The summed E-state index contributed by atoms with van der Waals surface area (Å²) in [5.74, 6) is 0.967. The van der Waals surface area contributed by atoms with Gasteiger partial charge in [-0.1, -0.05) is 42.5 Å². The summed E-state index contributed by atoms with van der Waals surface area (Å²) in [6.07, 6.45) is 4.87. The molecular weight excluding hydrogens is 374 g/mol. The van der Waals surface area contributed by atoms with Crippen LogP contribution in [-0.4, -0.2) is 38.0 Å². The fraction of sp³-hybridized carbons (Fsp3) is 0.333. The molecule has 0 bridgehead atoms. The van der Waals surface area contributed by atoms with Crippen LogP contribution in [0.25, 0.3) is 0 Å². The van der Waals surface area contributed by atoms with Crippen LogP contribution < -0.4 is 20.9 Å². The topological polar surface area (TPSA) is 68.8 Å². The van der Waals surface area contributed by atoms with Crippen molar-refractivity contribution >= 4 is 23.2 Å². The predicted molar refractivity (Wildman–Crippen MR) is 123 cm³/mol. The van der Waals surface area contributed by atoms with Crippen molar-refractivity contribution in [3.63, 3.8) is 0 Å². The largest absolute Gasteiger partial charge is 0.364 e. The smallest absolute Gasteiger partial charge is 0.225 e. The van der Waals surface area contributed by atoms with Crippen molar-refractivity contribution in [1.82, 2.24) is 10.6 Å². The molecule has 2 aromatic rings. The lowest BCUT2D eigenvalue weighted by Crippen LogP contribution is -2.40. The Hall–Kier alpha value is -3.28. The Morgan fingerprint density at radius 1 is 1.13 bits per heavy atom. The van der Waals surface area contributed by atoms with Crippen molar-refractivity contribution in [1.29, 1.82) is 0 Å². The minimum atomic E-state index is 0.0654. The molecule has 6 nitrogen and oxygen atoms in total. The molecule has 0 saturated carbocycles. The van der Waals surface area contributed by atoms with Crippen LogP contribution in [0.1, 0.15) is 30.4 Å². The van der Waals surface area contributed by atoms with Gasteiger partial charge >= 0.3 is 0 Å². The van der Waals surface area contributed by atoms with Crippen LogP contribution in [-0.2, 0) is 11.3 Å². The minimum Gasteiger partial charge on any atom is -0.364 e. The highest BCUT2D eigenvalue weighted by Crippen LogP contribution is 2.31. The van der Waals surface area contributed by atoms with Crippen molar-refractivity contribution in [3.05, 3.63) is 71.8 Å². The molecule has 2 aliphatic heterocycles. The lowest BCUT2D eigenvalue weighted by Gasteiger charge is -2.26. The Morgan fingerprint density at radius 3 is 2.80 bits per heavy atom. The average Bonchev–Trinajstić information content (AvgIpc) is 3.30. The number of para-hydroxylation sites is 1. The molecule has 0 radical (unpaired) electrons. The fourth-order valence-corrected chi connectivity index (χ4v) is 3.96. The molecule has 2 heterocycles. The summed E-state index contributed by atoms with van der Waals surface area (Å²) in [6, 6.07) is 16.6. The van der Waals surface area contributed by atoms with Crippen LogP contribution in [0.15, 0.2) is 65.7 Å². The number of amides is 1. The van der Waals surface area contributed by atoms with Crippen molar-refractivity contribution < 1.29 is 4.79 Å². The number of fused-ring (bicyclic) bond motifs is 1. The van der Waals surface area contributed by atoms with E-state index < -0.39 is 0 Å². The summed E-state index contributed by atoms with van der Waals surface area (Å²) in [6.45, 7) is 6.04. The number of nitrogens with zero attached hydrogens (tertiary/aromatic N) is 2. The third-order valence-corrected chi connectivity index (χ3v) is 5.48. The summed E-state index contributed by atoms with van der Waals surface area (Å²) < 4.78 is 0. The first-order valence-corrected chi connectivity index (χ1v) is 10.6. The van der Waals surface area contributed by atoms with Gasteiger partial charge in [-0.05, 0) is 36.2 Å². The normalized spacial score (nSPS) is 18.2. The summed E-state index contributed by atoms with van der Waals surface area (Å²) >= 11 is 0. The van der Waals surface area contributed by atoms with Gasteiger partial charge in [-0.3, -0.25) is 4.79 Å². The van der Waals surface area contributed by atoms with Crippen LogP contribution in [0, 0.1) is 0 Å². The second-order valence-corrected chi connectivity index (χ2v) is 7.66. The Labute approximate surface area is 178 Å². The number of hydrogen-bond acceptors (Lipinski definition) is 3. The number of carbonyl (C=O) groups is 1. The van der Waals surface area contributed by atoms with Crippen LogP contribution >= 0.6 is 0 Å². The maximum absolute atomic E-state index is 12.1. The second-order valence-electron chi connectivity index (χ2n) is 7.66. The molecule has 0 saturated heterocycles. The monoisotopic (exact) mass is 403 g/mol. The van der Waals surface area contributed by atoms with E-state index >= 15 is 0 Å². The van der Waals surface area contributed by atoms with Crippen LogP contribution in [0.3, 0.4) is 0 Å². The van der Waals surface area contributed by atoms with Gasteiger partial charge in [0.05, 0.1) is 6.54 Å². The zero-order valence-electron chi connectivity index (χ0n) is 17.4. The maximum atomic E-state index is 12.1. The second kappa shape index (κ2) is 9.48. The highest BCUT2D eigenvalue weighted by Gasteiger charge is 2.24. The zero-order valence-corrected chi connectivity index (χ0v) is 17.4. The van der Waals surface area contributed by atoms with E-state index in [1.165, 1.54) is 16.8 Å². The fourth-order valence-electron chi connectivity index (χ4n) is 3.96. The van der Waals surface area contributed by atoms with Gasteiger partial charge in [0, 0.05) is 49.9 Å². The van der Waals surface area contributed by atoms with E-state index in [4.69, 9.17) is 4.99 Å². The molecule has 1 atom stereocenters. The quantitative estimate of drug-likeness (QED) is 0.393. The van der Waals surface area contributed by atoms with Gasteiger partial charge in [0.1, 0.15) is 0 Å². The Morgan fingerprint density at radius 2 is 1.97 bits per heavy atom. The lowest BCUT2D eigenvalue weighted by molar-refractivity contribution is -0.116. The molecule has 4 rings (SSSR count). The molecule has 0 spiro atoms. The minimum absolute atomic E-state index is 0.0654. The molecule has 30 heavy (non-hydrogen) atoms. The molecule has 6 heteroatoms. The van der Waals surface area contributed by atoms with E-state index in [2.05, 4.69) is 70.3 Å². The summed E-state index contributed by atoms with van der Waals surface area (Å²) in [7, 11) is 0. The number of benzene rings is 2. The number of guanidine groups is 1. The van der Waals surface area contributed by atoms with E-state index in [0.29, 0.717) is 19.5 Å². The van der Waals surface area contributed by atoms with Gasteiger partial charge in [0.25, 0.3) is 0 Å². The number of rotatable bonds is 6. The molecule has 1 amide bonds. The number of aliphatic imine (C=N–C) groups is 1. The molecule has 156 valence electrons. The number of hydrogen-bond donors (Lipinski definition) is 3. The Kier molecular flexibility index (Phi) is 6.32. The third kappa shape index (κ3) is 4.82. The average molecular weight is 404 g/mol. The molecular formula is C24H29N5O. The van der Waals surface area contributed by atoms with Crippen LogP contribution in [0.5, 0.6) is 0 Å². The summed E-state index contributed by atoms with van der Waals surface area (Å²) in [4.78, 5) is 19.2. The van der Waals surface area contributed by atoms with E-state index in [0.717, 1.165) is 31.3 Å². The van der Waals surface area contributed by atoms with Gasteiger partial charge in [0.15, 0.2) is 5.96 Å². The first-order valence-electron chi connectivity index (χ1n) is 10.6. The van der Waals surface area contributed by atoms with Gasteiger partial charge in [-0.25, -0.2) is 4.99 Å². The lowest BCUT2D eigenvalue weighted by atomic mass is 9.90. The van der Waals surface area contributed by atoms with Gasteiger partial charge in [-0.15, -0.1) is 0 Å². The zero-order chi connectivity index (χ0) is 20.8. The van der Waals surface area contributed by atoms with Crippen molar-refractivity contribution in [2.45, 2.75) is 25.8 Å². The van der Waals surface area contributed by atoms with E-state index in [9.17, 15) is 4.79 Å². The highest BCUT2D eigenvalue weighted by atomic mass is 16.1. The van der Waals surface area contributed by atoms with Crippen molar-refractivity contribution in [3.8, 4) is 0 Å². The molecule has 0 aromatic heterocycles. The van der Waals surface area contributed by atoms with E-state index in [1.54, 1.807) is 0 Å². The molecule has 0 fully saturated rings. The van der Waals surface area contributed by atoms with Crippen molar-refractivity contribution in [2.75, 3.05) is 36.4 Å². The van der Waals surface area contributed by atoms with E-state index in [1.807, 2.05) is 18.2 Å². The molecule has 0 aliphatic carbocycles. The highest BCUT2D eigenvalue weighted by molar-refractivity contribution is 5.94. The maximum Gasteiger partial charge on any atom is 0.225 e.